The first-order valence-corrected chi connectivity index (χ1v) is 9.06. The Bertz CT molecular complexity index is 732. The summed E-state index contributed by atoms with van der Waals surface area (Å²) in [7, 11) is 0. The molecular weight excluding hydrogens is 336 g/mol. The molecule has 0 saturated heterocycles. The van der Waals surface area contributed by atoms with E-state index in [4.69, 9.17) is 16.3 Å². The van der Waals surface area contributed by atoms with Gasteiger partial charge in [0.05, 0.1) is 5.69 Å². The molecule has 0 radical (unpaired) electrons. The van der Waals surface area contributed by atoms with E-state index in [1.54, 1.807) is 17.0 Å². The number of hydrogen-bond acceptors (Lipinski definition) is 3. The first-order chi connectivity index (χ1) is 12.1. The quantitative estimate of drug-likeness (QED) is 0.777. The Morgan fingerprint density at radius 2 is 1.84 bits per heavy atom. The van der Waals surface area contributed by atoms with E-state index in [1.165, 1.54) is 0 Å². The van der Waals surface area contributed by atoms with Gasteiger partial charge >= 0.3 is 0 Å². The van der Waals surface area contributed by atoms with Crippen LogP contribution in [-0.4, -0.2) is 37.0 Å². The number of carbonyl (C=O) groups excluding carboxylic acids is 1. The second-order valence-corrected chi connectivity index (χ2v) is 6.47. The minimum Gasteiger partial charge on any atom is -0.474 e. The van der Waals surface area contributed by atoms with E-state index >= 15 is 0 Å². The van der Waals surface area contributed by atoms with Gasteiger partial charge in [-0.25, -0.2) is 0 Å². The van der Waals surface area contributed by atoms with Crippen molar-refractivity contribution in [2.45, 2.75) is 20.0 Å². The van der Waals surface area contributed by atoms with Crippen molar-refractivity contribution >= 4 is 23.2 Å². The topological polar surface area (TPSA) is 32.8 Å². The van der Waals surface area contributed by atoms with Crippen molar-refractivity contribution in [3.63, 3.8) is 0 Å². The molecule has 1 aliphatic heterocycles. The van der Waals surface area contributed by atoms with Crippen molar-refractivity contribution in [3.8, 4) is 5.75 Å². The van der Waals surface area contributed by atoms with E-state index in [2.05, 4.69) is 18.7 Å². The lowest BCUT2D eigenvalue weighted by molar-refractivity contribution is -0.126. The van der Waals surface area contributed by atoms with Crippen LogP contribution in [0.4, 0.5) is 5.69 Å². The number of rotatable bonds is 6. The fraction of sp³-hybridized carbons (Fsp3) is 0.350. The Hall–Kier alpha value is -2.04. The molecule has 1 heterocycles. The van der Waals surface area contributed by atoms with E-state index in [9.17, 15) is 4.79 Å². The minimum absolute atomic E-state index is 0.0480. The van der Waals surface area contributed by atoms with Crippen LogP contribution in [0.2, 0.25) is 5.02 Å². The van der Waals surface area contributed by atoms with Crippen LogP contribution in [0.5, 0.6) is 5.75 Å². The Labute approximate surface area is 154 Å². The van der Waals surface area contributed by atoms with E-state index in [-0.39, 0.29) is 5.91 Å². The van der Waals surface area contributed by atoms with Gasteiger partial charge in [0.15, 0.2) is 0 Å². The third-order valence-corrected chi connectivity index (χ3v) is 4.82. The first-order valence-electron chi connectivity index (χ1n) is 8.69. The van der Waals surface area contributed by atoms with Gasteiger partial charge < -0.3 is 14.5 Å². The van der Waals surface area contributed by atoms with Crippen LogP contribution in [0.25, 0.3) is 0 Å². The van der Waals surface area contributed by atoms with Crippen LogP contribution >= 0.6 is 11.6 Å². The van der Waals surface area contributed by atoms with Gasteiger partial charge in [0.2, 0.25) is 6.10 Å². The van der Waals surface area contributed by atoms with Crippen molar-refractivity contribution in [2.24, 2.45) is 0 Å². The van der Waals surface area contributed by atoms with E-state index in [0.717, 1.165) is 30.9 Å². The molecule has 0 saturated carbocycles. The lowest BCUT2D eigenvalue weighted by Crippen LogP contribution is -2.45. The number of anilines is 1. The zero-order valence-corrected chi connectivity index (χ0v) is 15.4. The van der Waals surface area contributed by atoms with Gasteiger partial charge in [-0.15, -0.1) is 0 Å². The van der Waals surface area contributed by atoms with Crippen molar-refractivity contribution in [1.29, 1.82) is 0 Å². The molecule has 4 nitrogen and oxygen atoms in total. The number of ether oxygens (including phenoxy) is 1. The van der Waals surface area contributed by atoms with Crippen LogP contribution < -0.4 is 9.64 Å². The van der Waals surface area contributed by atoms with Crippen molar-refractivity contribution < 1.29 is 9.53 Å². The zero-order valence-electron chi connectivity index (χ0n) is 14.6. The van der Waals surface area contributed by atoms with E-state index < -0.39 is 6.10 Å². The predicted molar refractivity (Wildman–Crippen MR) is 101 cm³/mol. The summed E-state index contributed by atoms with van der Waals surface area (Å²) in [6, 6.07) is 15.1. The number of likely N-dealkylation sites (N-methyl/N-ethyl adjacent to an activating group) is 1. The second kappa shape index (κ2) is 7.89. The Morgan fingerprint density at radius 1 is 1.12 bits per heavy atom. The molecule has 2 aromatic carbocycles. The number of halogens is 1. The lowest BCUT2D eigenvalue weighted by atomic mass is 10.1. The maximum Gasteiger partial charge on any atom is 0.272 e. The summed E-state index contributed by atoms with van der Waals surface area (Å²) in [6.45, 7) is 7.59. The number of fused-ring (bicyclic) bond motifs is 1. The number of amides is 1. The highest BCUT2D eigenvalue weighted by Crippen LogP contribution is 2.40. The van der Waals surface area contributed by atoms with Crippen molar-refractivity contribution in [1.82, 2.24) is 4.90 Å². The molecule has 3 rings (SSSR count). The average Bonchev–Trinajstić information content (AvgIpc) is 2.64. The molecule has 132 valence electrons. The van der Waals surface area contributed by atoms with Gasteiger partial charge in [-0.05, 0) is 31.3 Å². The molecule has 25 heavy (non-hydrogen) atoms. The fourth-order valence-electron chi connectivity index (χ4n) is 3.09. The smallest absolute Gasteiger partial charge is 0.272 e. The molecule has 0 aliphatic carbocycles. The summed E-state index contributed by atoms with van der Waals surface area (Å²) in [5.74, 6) is 0.644. The maximum absolute atomic E-state index is 13.1. The first kappa shape index (κ1) is 17.8. The molecule has 0 fully saturated rings. The molecule has 1 aliphatic rings. The van der Waals surface area contributed by atoms with Crippen LogP contribution in [0.1, 0.15) is 25.5 Å². The van der Waals surface area contributed by atoms with Gasteiger partial charge in [-0.2, -0.15) is 0 Å². The normalized spacial score (nSPS) is 16.7. The highest BCUT2D eigenvalue weighted by Gasteiger charge is 2.35. The molecule has 5 heteroatoms. The van der Waals surface area contributed by atoms with Crippen LogP contribution in [0.15, 0.2) is 48.5 Å². The SMILES string of the molecule is CCN(CC)CCN1C(=O)C(c2ccccc2)Oc2ccc(Cl)cc21. The molecule has 1 unspecified atom stereocenters. The van der Waals surface area contributed by atoms with Crippen LogP contribution in [0.3, 0.4) is 0 Å². The molecule has 0 bridgehead atoms. The average molecular weight is 359 g/mol. The molecule has 0 N–H and O–H groups in total. The van der Waals surface area contributed by atoms with Gasteiger partial charge in [0, 0.05) is 23.7 Å². The van der Waals surface area contributed by atoms with E-state index in [0.29, 0.717) is 17.3 Å². The standard InChI is InChI=1S/C20H23ClN2O2/c1-3-22(4-2)12-13-23-17-14-16(21)10-11-18(17)25-19(20(23)24)15-8-6-5-7-9-15/h5-11,14,19H,3-4,12-13H2,1-2H3. The minimum atomic E-state index is -0.619. The molecule has 0 aromatic heterocycles. The molecule has 1 amide bonds. The summed E-state index contributed by atoms with van der Waals surface area (Å²) >= 11 is 6.16. The summed E-state index contributed by atoms with van der Waals surface area (Å²) in [5, 5.41) is 0.598. The summed E-state index contributed by atoms with van der Waals surface area (Å²) < 4.78 is 6.01. The molecule has 2 aromatic rings. The largest absolute Gasteiger partial charge is 0.474 e. The maximum atomic E-state index is 13.1. The van der Waals surface area contributed by atoms with Gasteiger partial charge in [0.1, 0.15) is 5.75 Å². The van der Waals surface area contributed by atoms with Gasteiger partial charge in [-0.3, -0.25) is 4.79 Å². The molecular formula is C20H23ClN2O2. The number of carbonyl (C=O) groups is 1. The summed E-state index contributed by atoms with van der Waals surface area (Å²) in [6.07, 6.45) is -0.619. The number of benzene rings is 2. The van der Waals surface area contributed by atoms with Crippen LogP contribution in [-0.2, 0) is 4.79 Å². The Balaban J connectivity index is 1.93. The van der Waals surface area contributed by atoms with Crippen molar-refractivity contribution in [3.05, 3.63) is 59.1 Å². The third kappa shape index (κ3) is 3.80. The van der Waals surface area contributed by atoms with Crippen LogP contribution in [0, 0.1) is 0 Å². The van der Waals surface area contributed by atoms with Gasteiger partial charge in [0.25, 0.3) is 5.91 Å². The highest BCUT2D eigenvalue weighted by atomic mass is 35.5. The molecule has 0 spiro atoms. The Kier molecular flexibility index (Phi) is 5.61. The number of hydrogen-bond donors (Lipinski definition) is 0. The monoisotopic (exact) mass is 358 g/mol. The summed E-state index contributed by atoms with van der Waals surface area (Å²) in [4.78, 5) is 17.2. The van der Waals surface area contributed by atoms with Gasteiger partial charge in [-0.1, -0.05) is 55.8 Å². The third-order valence-electron chi connectivity index (χ3n) is 4.58. The van der Waals surface area contributed by atoms with E-state index in [1.807, 2.05) is 36.4 Å². The Morgan fingerprint density at radius 3 is 2.52 bits per heavy atom. The fourth-order valence-corrected chi connectivity index (χ4v) is 3.26. The second-order valence-electron chi connectivity index (χ2n) is 6.04. The lowest BCUT2D eigenvalue weighted by Gasteiger charge is -2.35. The predicted octanol–water partition coefficient (Wildman–Crippen LogP) is 4.15. The highest BCUT2D eigenvalue weighted by molar-refractivity contribution is 6.31. The molecule has 1 atom stereocenters. The zero-order chi connectivity index (χ0) is 17.8. The summed E-state index contributed by atoms with van der Waals surface area (Å²) in [5.41, 5.74) is 1.61. The van der Waals surface area contributed by atoms with Crippen molar-refractivity contribution in [2.75, 3.05) is 31.1 Å². The number of nitrogens with zero attached hydrogens (tertiary/aromatic N) is 2.